The summed E-state index contributed by atoms with van der Waals surface area (Å²) in [6.45, 7) is 0.865. The topological polar surface area (TPSA) is 63.6 Å². The van der Waals surface area contributed by atoms with Crippen molar-refractivity contribution in [3.05, 3.63) is 35.5 Å². The van der Waals surface area contributed by atoms with E-state index >= 15 is 0 Å². The molecule has 1 aliphatic rings. The number of nitriles is 1. The summed E-state index contributed by atoms with van der Waals surface area (Å²) in [7, 11) is 0. The molecule has 1 atom stereocenters. The van der Waals surface area contributed by atoms with E-state index in [4.69, 9.17) is 5.26 Å². The van der Waals surface area contributed by atoms with Gasteiger partial charge in [-0.05, 0) is 24.3 Å². The summed E-state index contributed by atoms with van der Waals surface area (Å²) >= 11 is 1.60. The molecule has 1 aromatic heterocycles. The van der Waals surface area contributed by atoms with Gasteiger partial charge < -0.3 is 4.98 Å². The van der Waals surface area contributed by atoms with Gasteiger partial charge in [-0.25, -0.2) is 0 Å². The Morgan fingerprint density at radius 2 is 2.28 bits per heavy atom. The van der Waals surface area contributed by atoms with Gasteiger partial charge in [0, 0.05) is 17.4 Å². The van der Waals surface area contributed by atoms with Crippen LogP contribution in [0.1, 0.15) is 11.3 Å². The second-order valence-electron chi connectivity index (χ2n) is 4.32. The number of nitrogens with zero attached hydrogens (tertiary/aromatic N) is 1. The number of benzene rings is 1. The van der Waals surface area contributed by atoms with Crippen molar-refractivity contribution in [1.29, 1.82) is 5.26 Å². The van der Waals surface area contributed by atoms with Crippen molar-refractivity contribution < 1.29 is 0 Å². The number of hydrogen-bond donors (Lipinski definition) is 3. The number of H-pyrrole nitrogens is 1. The molecule has 1 aromatic carbocycles. The van der Waals surface area contributed by atoms with Crippen LogP contribution in [0.5, 0.6) is 0 Å². The SMILES string of the molecule is CS[C@]1(NC#N)NCCc2c1[nH]c1ccccc21. The summed E-state index contributed by atoms with van der Waals surface area (Å²) in [5.41, 5.74) is 3.51. The van der Waals surface area contributed by atoms with E-state index < -0.39 is 4.99 Å². The van der Waals surface area contributed by atoms with Gasteiger partial charge in [-0.3, -0.25) is 10.6 Å². The number of nitrogens with one attached hydrogen (secondary N) is 3. The van der Waals surface area contributed by atoms with Crippen LogP contribution in [0.3, 0.4) is 0 Å². The minimum Gasteiger partial charge on any atom is -0.354 e. The molecule has 3 rings (SSSR count). The average Bonchev–Trinajstić information content (AvgIpc) is 2.79. The van der Waals surface area contributed by atoms with Crippen LogP contribution in [0, 0.1) is 11.5 Å². The number of hydrogen-bond acceptors (Lipinski definition) is 4. The molecule has 5 heteroatoms. The molecule has 0 saturated heterocycles. The highest BCUT2D eigenvalue weighted by Gasteiger charge is 2.38. The molecule has 0 bridgehead atoms. The maximum Gasteiger partial charge on any atom is 0.187 e. The van der Waals surface area contributed by atoms with Gasteiger partial charge in [0.1, 0.15) is 0 Å². The molecule has 0 saturated carbocycles. The van der Waals surface area contributed by atoms with Crippen LogP contribution >= 0.6 is 11.8 Å². The smallest absolute Gasteiger partial charge is 0.187 e. The lowest BCUT2D eigenvalue weighted by Crippen LogP contribution is -2.53. The number of fused-ring (bicyclic) bond motifs is 3. The molecule has 0 spiro atoms. The van der Waals surface area contributed by atoms with Gasteiger partial charge in [-0.1, -0.05) is 18.2 Å². The fraction of sp³-hybridized carbons (Fsp3) is 0.308. The molecule has 92 valence electrons. The second-order valence-corrected chi connectivity index (χ2v) is 5.34. The summed E-state index contributed by atoms with van der Waals surface area (Å²) in [6, 6.07) is 8.28. The van der Waals surface area contributed by atoms with E-state index in [1.165, 1.54) is 10.9 Å². The molecule has 0 aliphatic carbocycles. The van der Waals surface area contributed by atoms with Gasteiger partial charge in [-0.15, -0.1) is 11.8 Å². The van der Waals surface area contributed by atoms with Crippen molar-refractivity contribution >= 4 is 22.7 Å². The molecule has 2 aromatic rings. The van der Waals surface area contributed by atoms with E-state index in [1.54, 1.807) is 11.8 Å². The summed E-state index contributed by atoms with van der Waals surface area (Å²) in [5, 5.41) is 16.5. The summed E-state index contributed by atoms with van der Waals surface area (Å²) < 4.78 is 0. The molecule has 1 aliphatic heterocycles. The Balaban J connectivity index is 2.25. The number of para-hydroxylation sites is 1. The van der Waals surface area contributed by atoms with Gasteiger partial charge in [0.25, 0.3) is 0 Å². The van der Waals surface area contributed by atoms with Crippen LogP contribution in [-0.2, 0) is 11.4 Å². The first-order chi connectivity index (χ1) is 8.80. The van der Waals surface area contributed by atoms with Crippen molar-refractivity contribution in [2.75, 3.05) is 12.8 Å². The normalized spacial score (nSPS) is 22.4. The van der Waals surface area contributed by atoms with Crippen LogP contribution in [0.4, 0.5) is 0 Å². The lowest BCUT2D eigenvalue weighted by molar-refractivity contribution is 0.416. The first-order valence-corrected chi connectivity index (χ1v) is 7.10. The van der Waals surface area contributed by atoms with Crippen molar-refractivity contribution in [1.82, 2.24) is 15.6 Å². The highest BCUT2D eigenvalue weighted by Crippen LogP contribution is 2.37. The van der Waals surface area contributed by atoms with E-state index in [1.807, 2.05) is 12.3 Å². The van der Waals surface area contributed by atoms with E-state index in [0.717, 1.165) is 24.2 Å². The van der Waals surface area contributed by atoms with Crippen molar-refractivity contribution in [2.45, 2.75) is 11.4 Å². The minimum absolute atomic E-state index is 0.526. The number of rotatable bonds is 2. The van der Waals surface area contributed by atoms with Crippen molar-refractivity contribution in [3.8, 4) is 6.19 Å². The Hall–Kier alpha value is -1.64. The fourth-order valence-corrected chi connectivity index (χ4v) is 3.40. The maximum absolute atomic E-state index is 8.99. The molecule has 4 nitrogen and oxygen atoms in total. The summed E-state index contributed by atoms with van der Waals surface area (Å²) in [4.78, 5) is 2.92. The monoisotopic (exact) mass is 258 g/mol. The third-order valence-electron chi connectivity index (χ3n) is 3.45. The van der Waals surface area contributed by atoms with E-state index in [-0.39, 0.29) is 0 Å². The quantitative estimate of drug-likeness (QED) is 0.437. The zero-order chi connectivity index (χ0) is 12.6. The third-order valence-corrected chi connectivity index (χ3v) is 4.52. The Bertz CT molecular complexity index is 627. The number of aromatic amines is 1. The van der Waals surface area contributed by atoms with Crippen LogP contribution in [-0.4, -0.2) is 17.8 Å². The molecule has 0 unspecified atom stereocenters. The highest BCUT2D eigenvalue weighted by molar-refractivity contribution is 7.99. The summed E-state index contributed by atoms with van der Waals surface area (Å²) in [6.07, 6.45) is 5.04. The second kappa shape index (κ2) is 4.23. The van der Waals surface area contributed by atoms with Gasteiger partial charge in [0.15, 0.2) is 11.2 Å². The first kappa shape index (κ1) is 11.5. The average molecular weight is 258 g/mol. The predicted molar refractivity (Wildman–Crippen MR) is 73.9 cm³/mol. The third kappa shape index (κ3) is 1.50. The molecule has 0 radical (unpaired) electrons. The van der Waals surface area contributed by atoms with E-state index in [9.17, 15) is 0 Å². The summed E-state index contributed by atoms with van der Waals surface area (Å²) in [5.74, 6) is 0. The lowest BCUT2D eigenvalue weighted by atomic mass is 10.0. The first-order valence-electron chi connectivity index (χ1n) is 5.87. The van der Waals surface area contributed by atoms with Gasteiger partial charge in [0.2, 0.25) is 0 Å². The molecular weight excluding hydrogens is 244 g/mol. The molecule has 0 amide bonds. The Labute approximate surface area is 110 Å². The van der Waals surface area contributed by atoms with E-state index in [0.29, 0.717) is 0 Å². The van der Waals surface area contributed by atoms with Gasteiger partial charge in [0.05, 0.1) is 5.69 Å². The molecular formula is C13H14N4S. The zero-order valence-corrected chi connectivity index (χ0v) is 10.9. The molecule has 3 N–H and O–H groups in total. The molecule has 0 fully saturated rings. The standard InChI is InChI=1S/C13H14N4S/c1-18-13(16-8-14)12-10(6-7-15-13)9-4-2-3-5-11(9)17-12/h2-5,15-17H,6-7H2,1H3/t13-/m0/s1. The fourth-order valence-electron chi connectivity index (χ4n) is 2.62. The Morgan fingerprint density at radius 1 is 1.44 bits per heavy atom. The van der Waals surface area contributed by atoms with Crippen LogP contribution < -0.4 is 10.6 Å². The van der Waals surface area contributed by atoms with Crippen LogP contribution in [0.15, 0.2) is 24.3 Å². The Kier molecular flexibility index (Phi) is 2.69. The van der Waals surface area contributed by atoms with Crippen molar-refractivity contribution in [2.24, 2.45) is 0 Å². The number of aromatic nitrogens is 1. The Morgan fingerprint density at radius 3 is 3.06 bits per heavy atom. The van der Waals surface area contributed by atoms with E-state index in [2.05, 4.69) is 40.0 Å². The van der Waals surface area contributed by atoms with Crippen molar-refractivity contribution in [3.63, 3.8) is 0 Å². The minimum atomic E-state index is -0.526. The van der Waals surface area contributed by atoms with Crippen LogP contribution in [0.2, 0.25) is 0 Å². The lowest BCUT2D eigenvalue weighted by Gasteiger charge is -2.35. The maximum atomic E-state index is 8.99. The zero-order valence-electron chi connectivity index (χ0n) is 10.1. The largest absolute Gasteiger partial charge is 0.354 e. The molecule has 2 heterocycles. The van der Waals surface area contributed by atoms with Gasteiger partial charge >= 0.3 is 0 Å². The predicted octanol–water partition coefficient (Wildman–Crippen LogP) is 1.86. The molecule has 18 heavy (non-hydrogen) atoms. The number of thioether (sulfide) groups is 1. The van der Waals surface area contributed by atoms with Gasteiger partial charge in [-0.2, -0.15) is 5.26 Å². The van der Waals surface area contributed by atoms with Crippen LogP contribution in [0.25, 0.3) is 10.9 Å². The highest BCUT2D eigenvalue weighted by atomic mass is 32.2.